The highest BCUT2D eigenvalue weighted by molar-refractivity contribution is 6.02. The third kappa shape index (κ3) is 4.01. The molecule has 4 heteroatoms. The molecule has 0 saturated carbocycles. The largest absolute Gasteiger partial charge is 0.507 e. The molecule has 0 spiro atoms. The first kappa shape index (κ1) is 18.4. The van der Waals surface area contributed by atoms with Gasteiger partial charge in [0.2, 0.25) is 0 Å². The molecular weight excluding hydrogens is 364 g/mol. The van der Waals surface area contributed by atoms with E-state index in [1.165, 1.54) is 6.07 Å². The number of rotatable bonds is 5. The number of carbonyl (C=O) groups is 2. The lowest BCUT2D eigenvalue weighted by molar-refractivity contribution is 0.0472. The lowest BCUT2D eigenvalue weighted by atomic mass is 10.0. The second-order valence-electron chi connectivity index (χ2n) is 6.66. The third-order valence-corrected chi connectivity index (χ3v) is 4.73. The standard InChI is InChI=1S/C25H18O4/c26-23-15-21-9-5-4-8-20(21)14-22(23)25(28)29-16-24(27)19-12-10-18(11-13-19)17-6-2-1-3-7-17/h1-15,26H,16H2. The lowest BCUT2D eigenvalue weighted by Crippen LogP contribution is -2.14. The number of ether oxygens (including phenoxy) is 1. The van der Waals surface area contributed by atoms with Gasteiger partial charge in [-0.1, -0.05) is 78.9 Å². The lowest BCUT2D eigenvalue weighted by Gasteiger charge is -2.08. The van der Waals surface area contributed by atoms with Gasteiger partial charge in [0.05, 0.1) is 0 Å². The zero-order valence-electron chi connectivity index (χ0n) is 15.5. The van der Waals surface area contributed by atoms with Crippen LogP contribution >= 0.6 is 0 Å². The van der Waals surface area contributed by atoms with E-state index in [2.05, 4.69) is 0 Å². The Morgan fingerprint density at radius 1 is 0.724 bits per heavy atom. The monoisotopic (exact) mass is 382 g/mol. The molecule has 142 valence electrons. The summed E-state index contributed by atoms with van der Waals surface area (Å²) in [6.07, 6.45) is 0. The van der Waals surface area contributed by atoms with Crippen molar-refractivity contribution in [1.29, 1.82) is 0 Å². The van der Waals surface area contributed by atoms with Crippen LogP contribution in [-0.2, 0) is 4.74 Å². The number of aromatic hydroxyl groups is 1. The summed E-state index contributed by atoms with van der Waals surface area (Å²) in [6, 6.07) is 27.4. The fourth-order valence-electron chi connectivity index (χ4n) is 3.16. The van der Waals surface area contributed by atoms with Gasteiger partial charge in [0.15, 0.2) is 12.4 Å². The van der Waals surface area contributed by atoms with Gasteiger partial charge in [0, 0.05) is 5.56 Å². The number of hydrogen-bond donors (Lipinski definition) is 1. The number of fused-ring (bicyclic) bond motifs is 1. The van der Waals surface area contributed by atoms with Crippen LogP contribution < -0.4 is 0 Å². The maximum atomic E-state index is 12.4. The van der Waals surface area contributed by atoms with Crippen LogP contribution in [0.5, 0.6) is 5.75 Å². The molecule has 4 nitrogen and oxygen atoms in total. The second-order valence-corrected chi connectivity index (χ2v) is 6.66. The van der Waals surface area contributed by atoms with Gasteiger partial charge in [-0.2, -0.15) is 0 Å². The van der Waals surface area contributed by atoms with Crippen LogP contribution in [0.3, 0.4) is 0 Å². The van der Waals surface area contributed by atoms with E-state index >= 15 is 0 Å². The summed E-state index contributed by atoms with van der Waals surface area (Å²) >= 11 is 0. The van der Waals surface area contributed by atoms with Crippen molar-refractivity contribution in [2.45, 2.75) is 0 Å². The quantitative estimate of drug-likeness (QED) is 0.378. The first-order valence-electron chi connectivity index (χ1n) is 9.19. The number of benzene rings is 4. The number of ketones is 1. The molecular formula is C25H18O4. The van der Waals surface area contributed by atoms with Crippen LogP contribution in [0.4, 0.5) is 0 Å². The predicted molar refractivity (Wildman–Crippen MR) is 112 cm³/mol. The molecule has 0 unspecified atom stereocenters. The molecule has 0 bridgehead atoms. The highest BCUT2D eigenvalue weighted by Gasteiger charge is 2.16. The Morgan fingerprint density at radius 3 is 2.00 bits per heavy atom. The van der Waals surface area contributed by atoms with Crippen molar-refractivity contribution in [2.75, 3.05) is 6.61 Å². The van der Waals surface area contributed by atoms with E-state index in [9.17, 15) is 14.7 Å². The van der Waals surface area contributed by atoms with Gasteiger partial charge in [-0.05, 0) is 34.0 Å². The number of phenolic OH excluding ortho intramolecular Hbond substituents is 1. The smallest absolute Gasteiger partial charge is 0.342 e. The highest BCUT2D eigenvalue weighted by Crippen LogP contribution is 2.25. The summed E-state index contributed by atoms with van der Waals surface area (Å²) in [5.41, 5.74) is 2.56. The Kier molecular flexibility index (Phi) is 5.08. The van der Waals surface area contributed by atoms with E-state index in [0.717, 1.165) is 21.9 Å². The number of Topliss-reactive ketones (excluding diaryl/α,β-unsaturated/α-hetero) is 1. The van der Waals surface area contributed by atoms with Gasteiger partial charge in [-0.3, -0.25) is 4.79 Å². The van der Waals surface area contributed by atoms with Crippen molar-refractivity contribution in [2.24, 2.45) is 0 Å². The fourth-order valence-corrected chi connectivity index (χ4v) is 3.16. The van der Waals surface area contributed by atoms with Gasteiger partial charge < -0.3 is 9.84 Å². The molecule has 1 N–H and O–H groups in total. The number of esters is 1. The average Bonchev–Trinajstić information content (AvgIpc) is 2.77. The Bertz CT molecular complexity index is 1180. The second kappa shape index (κ2) is 7.98. The van der Waals surface area contributed by atoms with E-state index in [1.54, 1.807) is 18.2 Å². The number of hydrogen-bond acceptors (Lipinski definition) is 4. The van der Waals surface area contributed by atoms with Gasteiger partial charge >= 0.3 is 5.97 Å². The molecule has 29 heavy (non-hydrogen) atoms. The molecule has 0 aliphatic heterocycles. The Hall–Kier alpha value is -3.92. The van der Waals surface area contributed by atoms with E-state index in [4.69, 9.17) is 4.74 Å². The summed E-state index contributed by atoms with van der Waals surface area (Å²) in [7, 11) is 0. The van der Waals surface area contributed by atoms with E-state index in [0.29, 0.717) is 5.56 Å². The molecule has 0 aliphatic rings. The van der Waals surface area contributed by atoms with Crippen molar-refractivity contribution in [1.82, 2.24) is 0 Å². The minimum atomic E-state index is -0.734. The predicted octanol–water partition coefficient (Wildman–Crippen LogP) is 5.25. The molecule has 0 aromatic heterocycles. The zero-order chi connectivity index (χ0) is 20.2. The Balaban J connectivity index is 1.44. The minimum absolute atomic E-state index is 0.0379. The summed E-state index contributed by atoms with van der Waals surface area (Å²) < 4.78 is 5.14. The summed E-state index contributed by atoms with van der Waals surface area (Å²) in [4.78, 5) is 24.7. The van der Waals surface area contributed by atoms with Gasteiger partial charge in [-0.25, -0.2) is 4.79 Å². The van der Waals surface area contributed by atoms with Crippen molar-refractivity contribution in [3.63, 3.8) is 0 Å². The molecule has 0 radical (unpaired) electrons. The van der Waals surface area contributed by atoms with Crippen molar-refractivity contribution in [3.8, 4) is 16.9 Å². The summed E-state index contributed by atoms with van der Waals surface area (Å²) in [6.45, 7) is -0.393. The minimum Gasteiger partial charge on any atom is -0.507 e. The number of phenols is 1. The van der Waals surface area contributed by atoms with Crippen LogP contribution in [0.15, 0.2) is 91.0 Å². The SMILES string of the molecule is O=C(COC(=O)c1cc2ccccc2cc1O)c1ccc(-c2ccccc2)cc1. The normalized spacial score (nSPS) is 10.6. The third-order valence-electron chi connectivity index (χ3n) is 4.73. The summed E-state index contributed by atoms with van der Waals surface area (Å²) in [5.74, 6) is -1.21. The molecule has 0 amide bonds. The summed E-state index contributed by atoms with van der Waals surface area (Å²) in [5, 5.41) is 11.7. The Labute approximate surface area is 168 Å². The maximum absolute atomic E-state index is 12.4. The van der Waals surface area contributed by atoms with Crippen LogP contribution in [0.25, 0.3) is 21.9 Å². The molecule has 0 saturated heterocycles. The van der Waals surface area contributed by atoms with Crippen LogP contribution in [-0.4, -0.2) is 23.5 Å². The van der Waals surface area contributed by atoms with Crippen molar-refractivity contribution < 1.29 is 19.4 Å². The van der Waals surface area contributed by atoms with E-state index in [-0.39, 0.29) is 17.1 Å². The van der Waals surface area contributed by atoms with Gasteiger partial charge in [0.25, 0.3) is 0 Å². The zero-order valence-corrected chi connectivity index (χ0v) is 15.5. The van der Waals surface area contributed by atoms with E-state index in [1.807, 2.05) is 66.7 Å². The molecule has 0 heterocycles. The Morgan fingerprint density at radius 2 is 1.31 bits per heavy atom. The molecule has 4 rings (SSSR count). The fraction of sp³-hybridized carbons (Fsp3) is 0.0400. The van der Waals surface area contributed by atoms with E-state index < -0.39 is 12.6 Å². The first-order valence-corrected chi connectivity index (χ1v) is 9.19. The molecule has 0 fully saturated rings. The average molecular weight is 382 g/mol. The van der Waals surface area contributed by atoms with Crippen LogP contribution in [0.2, 0.25) is 0 Å². The van der Waals surface area contributed by atoms with Crippen LogP contribution in [0.1, 0.15) is 20.7 Å². The van der Waals surface area contributed by atoms with Crippen molar-refractivity contribution in [3.05, 3.63) is 102 Å². The molecule has 0 atom stereocenters. The van der Waals surface area contributed by atoms with Crippen molar-refractivity contribution >= 4 is 22.5 Å². The molecule has 0 aliphatic carbocycles. The van der Waals surface area contributed by atoms with Gasteiger partial charge in [0.1, 0.15) is 11.3 Å². The maximum Gasteiger partial charge on any atom is 0.342 e. The highest BCUT2D eigenvalue weighted by atomic mass is 16.5. The van der Waals surface area contributed by atoms with Crippen LogP contribution in [0, 0.1) is 0 Å². The topological polar surface area (TPSA) is 63.6 Å². The first-order chi connectivity index (χ1) is 14.1. The van der Waals surface area contributed by atoms with Gasteiger partial charge in [-0.15, -0.1) is 0 Å². The molecule has 4 aromatic rings. The molecule has 4 aromatic carbocycles. The number of carbonyl (C=O) groups excluding carboxylic acids is 2.